The second kappa shape index (κ2) is 9.01. The Kier molecular flexibility index (Phi) is 6.23. The van der Waals surface area contributed by atoms with Crippen LogP contribution < -0.4 is 10.1 Å². The summed E-state index contributed by atoms with van der Waals surface area (Å²) in [5.74, 6) is -0.760. The maximum Gasteiger partial charge on any atom is 0.310 e. The van der Waals surface area contributed by atoms with Crippen molar-refractivity contribution in [1.82, 2.24) is 0 Å². The van der Waals surface area contributed by atoms with E-state index in [1.807, 2.05) is 0 Å². The molecule has 0 fully saturated rings. The van der Waals surface area contributed by atoms with Crippen LogP contribution in [0.3, 0.4) is 0 Å². The summed E-state index contributed by atoms with van der Waals surface area (Å²) in [6.07, 6.45) is -1.25. The second-order valence-corrected chi connectivity index (χ2v) is 6.45. The number of para-hydroxylation sites is 2. The molecule has 0 spiro atoms. The molecule has 0 radical (unpaired) electrons. The van der Waals surface area contributed by atoms with Gasteiger partial charge in [-0.25, -0.2) is 0 Å². The second-order valence-electron chi connectivity index (χ2n) is 6.05. The minimum Gasteiger partial charge on any atom is -0.469 e. The molecule has 0 aliphatic heterocycles. The molecule has 0 aliphatic carbocycles. The first kappa shape index (κ1) is 20.7. The van der Waals surface area contributed by atoms with Crippen LogP contribution >= 0.6 is 11.6 Å². The van der Waals surface area contributed by atoms with E-state index in [0.717, 1.165) is 6.07 Å². The minimum absolute atomic E-state index is 0.0752. The van der Waals surface area contributed by atoms with Crippen LogP contribution in [-0.2, 0) is 4.79 Å². The predicted molar refractivity (Wildman–Crippen MR) is 110 cm³/mol. The molecule has 0 saturated heterocycles. The van der Waals surface area contributed by atoms with E-state index in [0.29, 0.717) is 5.56 Å². The van der Waals surface area contributed by atoms with Crippen molar-refractivity contribution in [1.29, 1.82) is 0 Å². The van der Waals surface area contributed by atoms with Gasteiger partial charge >= 0.3 is 5.69 Å². The average Bonchev–Trinajstić information content (AvgIpc) is 2.74. The number of carbonyl (C=O) groups is 1. The molecule has 0 saturated carbocycles. The maximum absolute atomic E-state index is 13.0. The van der Waals surface area contributed by atoms with Crippen molar-refractivity contribution in [2.24, 2.45) is 0 Å². The quantitative estimate of drug-likeness (QED) is 0.421. The molecular formula is C20H14ClN3O6. The highest BCUT2D eigenvalue weighted by atomic mass is 35.5. The third-order valence-electron chi connectivity index (χ3n) is 4.06. The Morgan fingerprint density at radius 2 is 1.53 bits per heavy atom. The van der Waals surface area contributed by atoms with Crippen LogP contribution in [0.2, 0.25) is 5.02 Å². The molecular weight excluding hydrogens is 414 g/mol. The summed E-state index contributed by atoms with van der Waals surface area (Å²) < 4.78 is 5.71. The lowest BCUT2D eigenvalue weighted by molar-refractivity contribution is -0.386. The molecule has 152 valence electrons. The molecule has 1 unspecified atom stereocenters. The number of nitrogens with zero attached hydrogens (tertiary/aromatic N) is 2. The summed E-state index contributed by atoms with van der Waals surface area (Å²) in [6, 6.07) is 17.9. The Balaban J connectivity index is 1.94. The first-order valence-corrected chi connectivity index (χ1v) is 8.94. The summed E-state index contributed by atoms with van der Waals surface area (Å²) in [6.45, 7) is 0. The summed E-state index contributed by atoms with van der Waals surface area (Å²) >= 11 is 5.80. The zero-order chi connectivity index (χ0) is 21.7. The minimum atomic E-state index is -1.25. The number of rotatable bonds is 7. The van der Waals surface area contributed by atoms with Gasteiger partial charge in [0, 0.05) is 23.4 Å². The molecule has 3 aromatic rings. The van der Waals surface area contributed by atoms with Crippen molar-refractivity contribution in [2.45, 2.75) is 6.10 Å². The maximum atomic E-state index is 13.0. The molecule has 3 aromatic carbocycles. The van der Waals surface area contributed by atoms with Crippen molar-refractivity contribution >= 4 is 34.6 Å². The van der Waals surface area contributed by atoms with Crippen LogP contribution in [-0.4, -0.2) is 15.8 Å². The SMILES string of the molecule is O=C(Nc1ccc(Cl)c([N+](=O)[O-])c1)C(Oc1ccccc1[N+](=O)[O-])c1ccccc1. The lowest BCUT2D eigenvalue weighted by Crippen LogP contribution is -2.26. The Bertz CT molecular complexity index is 1110. The largest absolute Gasteiger partial charge is 0.469 e. The number of anilines is 1. The highest BCUT2D eigenvalue weighted by molar-refractivity contribution is 6.32. The fourth-order valence-electron chi connectivity index (χ4n) is 2.67. The van der Waals surface area contributed by atoms with E-state index in [2.05, 4.69) is 5.32 Å². The highest BCUT2D eigenvalue weighted by Gasteiger charge is 2.27. The zero-order valence-corrected chi connectivity index (χ0v) is 16.0. The standard InChI is InChI=1S/C20H14ClN3O6/c21-15-11-10-14(12-17(15)24(28)29)22-20(25)19(13-6-2-1-3-7-13)30-18-9-5-4-8-16(18)23(26)27/h1-12,19H,(H,22,25). The van der Waals surface area contributed by atoms with Gasteiger partial charge in [0.1, 0.15) is 5.02 Å². The number of halogens is 1. The molecule has 10 heteroatoms. The lowest BCUT2D eigenvalue weighted by Gasteiger charge is -2.19. The molecule has 1 atom stereocenters. The van der Waals surface area contributed by atoms with Gasteiger partial charge in [0.15, 0.2) is 5.75 Å². The van der Waals surface area contributed by atoms with E-state index in [-0.39, 0.29) is 27.8 Å². The number of nitro benzene ring substituents is 2. The Labute approximate surface area is 175 Å². The third-order valence-corrected chi connectivity index (χ3v) is 4.38. The Morgan fingerprint density at radius 1 is 0.900 bits per heavy atom. The molecule has 1 N–H and O–H groups in total. The molecule has 30 heavy (non-hydrogen) atoms. The predicted octanol–water partition coefficient (Wildman–Crippen LogP) is 4.92. The van der Waals surface area contributed by atoms with E-state index < -0.39 is 21.9 Å². The van der Waals surface area contributed by atoms with Crippen LogP contribution in [0, 0.1) is 20.2 Å². The van der Waals surface area contributed by atoms with E-state index in [4.69, 9.17) is 16.3 Å². The van der Waals surface area contributed by atoms with Crippen molar-refractivity contribution in [3.8, 4) is 5.75 Å². The Hall–Kier alpha value is -3.98. The van der Waals surface area contributed by atoms with Gasteiger partial charge in [-0.05, 0) is 18.2 Å². The van der Waals surface area contributed by atoms with Crippen molar-refractivity contribution in [2.75, 3.05) is 5.32 Å². The highest BCUT2D eigenvalue weighted by Crippen LogP contribution is 2.32. The van der Waals surface area contributed by atoms with Crippen LogP contribution in [0.4, 0.5) is 17.1 Å². The number of hydrogen-bond acceptors (Lipinski definition) is 6. The number of nitro groups is 2. The number of nitrogens with one attached hydrogen (secondary N) is 1. The molecule has 0 heterocycles. The van der Waals surface area contributed by atoms with Crippen LogP contribution in [0.5, 0.6) is 5.75 Å². The van der Waals surface area contributed by atoms with Crippen LogP contribution in [0.15, 0.2) is 72.8 Å². The van der Waals surface area contributed by atoms with E-state index in [1.165, 1.54) is 30.3 Å². The van der Waals surface area contributed by atoms with Gasteiger partial charge in [-0.1, -0.05) is 54.1 Å². The van der Waals surface area contributed by atoms with Gasteiger partial charge in [0.2, 0.25) is 6.10 Å². The molecule has 1 amide bonds. The first-order chi connectivity index (χ1) is 14.4. The topological polar surface area (TPSA) is 125 Å². The summed E-state index contributed by atoms with van der Waals surface area (Å²) in [4.78, 5) is 34.0. The lowest BCUT2D eigenvalue weighted by atomic mass is 10.1. The number of ether oxygens (including phenoxy) is 1. The number of hydrogen-bond donors (Lipinski definition) is 1. The van der Waals surface area contributed by atoms with E-state index in [9.17, 15) is 25.0 Å². The number of carbonyl (C=O) groups excluding carboxylic acids is 1. The average molecular weight is 428 g/mol. The summed E-state index contributed by atoms with van der Waals surface area (Å²) in [7, 11) is 0. The first-order valence-electron chi connectivity index (χ1n) is 8.56. The molecule has 3 rings (SSSR count). The molecule has 0 aromatic heterocycles. The van der Waals surface area contributed by atoms with Gasteiger partial charge in [0.05, 0.1) is 9.85 Å². The van der Waals surface area contributed by atoms with Crippen molar-refractivity contribution in [3.63, 3.8) is 0 Å². The van der Waals surface area contributed by atoms with Gasteiger partial charge in [-0.3, -0.25) is 25.0 Å². The molecule has 0 aliphatic rings. The fourth-order valence-corrected chi connectivity index (χ4v) is 2.86. The fraction of sp³-hybridized carbons (Fsp3) is 0.0500. The van der Waals surface area contributed by atoms with Crippen LogP contribution in [0.25, 0.3) is 0 Å². The normalized spacial score (nSPS) is 11.4. The Morgan fingerprint density at radius 3 is 2.20 bits per heavy atom. The molecule has 0 bridgehead atoms. The van der Waals surface area contributed by atoms with E-state index >= 15 is 0 Å². The van der Waals surface area contributed by atoms with Gasteiger partial charge in [0.25, 0.3) is 11.6 Å². The summed E-state index contributed by atoms with van der Waals surface area (Å²) in [5, 5.41) is 24.8. The monoisotopic (exact) mass is 427 g/mol. The summed E-state index contributed by atoms with van der Waals surface area (Å²) in [5.41, 5.74) is -0.0986. The van der Waals surface area contributed by atoms with Crippen molar-refractivity contribution in [3.05, 3.63) is 104 Å². The number of amides is 1. The van der Waals surface area contributed by atoms with Gasteiger partial charge < -0.3 is 10.1 Å². The van der Waals surface area contributed by atoms with Gasteiger partial charge in [-0.2, -0.15) is 0 Å². The van der Waals surface area contributed by atoms with E-state index in [1.54, 1.807) is 36.4 Å². The number of benzene rings is 3. The molecule has 9 nitrogen and oxygen atoms in total. The smallest absolute Gasteiger partial charge is 0.310 e. The zero-order valence-electron chi connectivity index (χ0n) is 15.2. The van der Waals surface area contributed by atoms with Crippen molar-refractivity contribution < 1.29 is 19.4 Å². The van der Waals surface area contributed by atoms with Gasteiger partial charge in [-0.15, -0.1) is 0 Å². The van der Waals surface area contributed by atoms with Crippen LogP contribution in [0.1, 0.15) is 11.7 Å². The third kappa shape index (κ3) is 4.70.